The maximum Gasteiger partial charge on any atom is 0.191 e. The van der Waals surface area contributed by atoms with Gasteiger partial charge in [-0.3, -0.25) is 4.99 Å². The molecule has 3 N–H and O–H groups in total. The molecule has 0 unspecified atom stereocenters. The fourth-order valence-corrected chi connectivity index (χ4v) is 3.10. The summed E-state index contributed by atoms with van der Waals surface area (Å²) in [6.45, 7) is 3.59. The van der Waals surface area contributed by atoms with Crippen molar-refractivity contribution in [3.8, 4) is 5.75 Å². The lowest BCUT2D eigenvalue weighted by atomic mass is 10.1. The third-order valence-corrected chi connectivity index (χ3v) is 4.39. The number of fused-ring (bicyclic) bond motifs is 1. The van der Waals surface area contributed by atoms with Gasteiger partial charge in [0, 0.05) is 37.2 Å². The number of methoxy groups -OCH3 is 1. The smallest absolute Gasteiger partial charge is 0.191 e. The monoisotopic (exact) mass is 478 g/mol. The number of hydrogen-bond donors (Lipinski definition) is 3. The molecule has 0 aliphatic rings. The topological polar surface area (TPSA) is 61.4 Å². The average molecular weight is 478 g/mol. The number of halogens is 1. The predicted molar refractivity (Wildman–Crippen MR) is 123 cm³/mol. The average Bonchev–Trinajstić information content (AvgIpc) is 3.07. The molecule has 1 heterocycles. The van der Waals surface area contributed by atoms with Crippen molar-refractivity contribution in [1.29, 1.82) is 0 Å². The van der Waals surface area contributed by atoms with Crippen molar-refractivity contribution in [2.75, 3.05) is 20.7 Å². The van der Waals surface area contributed by atoms with Gasteiger partial charge in [-0.2, -0.15) is 0 Å². The Morgan fingerprint density at radius 2 is 1.96 bits per heavy atom. The van der Waals surface area contributed by atoms with Crippen molar-refractivity contribution in [2.24, 2.45) is 4.99 Å². The van der Waals surface area contributed by atoms with Gasteiger partial charge in [0.1, 0.15) is 5.75 Å². The molecule has 0 aliphatic carbocycles. The normalized spacial score (nSPS) is 11.1. The third-order valence-electron chi connectivity index (χ3n) is 4.39. The van der Waals surface area contributed by atoms with Crippen molar-refractivity contribution >= 4 is 40.8 Å². The highest BCUT2D eigenvalue weighted by Gasteiger charge is 2.04. The van der Waals surface area contributed by atoms with Crippen LogP contribution in [-0.2, 0) is 13.0 Å². The number of aromatic amines is 1. The molecule has 0 bridgehead atoms. The van der Waals surface area contributed by atoms with Gasteiger partial charge < -0.3 is 20.4 Å². The standard InChI is InChI=1S/C21H26N4O.HI/c1-15-10-16(12-18(11-15)26-3)13-25-21(22-2)23-9-8-17-14-24-20-7-5-4-6-19(17)20;/h4-7,10-12,14,24H,8-9,13H2,1-3H3,(H2,22,23,25);1H. The minimum atomic E-state index is 0. The number of guanidine groups is 1. The summed E-state index contributed by atoms with van der Waals surface area (Å²) in [4.78, 5) is 7.62. The van der Waals surface area contributed by atoms with Crippen LogP contribution in [0.4, 0.5) is 0 Å². The predicted octanol–water partition coefficient (Wildman–Crippen LogP) is 4.01. The number of benzene rings is 2. The van der Waals surface area contributed by atoms with E-state index in [2.05, 4.69) is 58.0 Å². The van der Waals surface area contributed by atoms with E-state index in [1.165, 1.54) is 27.6 Å². The first-order valence-corrected chi connectivity index (χ1v) is 8.83. The zero-order valence-corrected chi connectivity index (χ0v) is 18.3. The highest BCUT2D eigenvalue weighted by atomic mass is 127. The molecule has 0 atom stereocenters. The lowest BCUT2D eigenvalue weighted by Crippen LogP contribution is -2.37. The Bertz CT molecular complexity index is 904. The van der Waals surface area contributed by atoms with E-state index in [4.69, 9.17) is 4.74 Å². The van der Waals surface area contributed by atoms with Gasteiger partial charge in [0.05, 0.1) is 7.11 Å². The molecular formula is C21H27IN4O. The van der Waals surface area contributed by atoms with Crippen molar-refractivity contribution in [3.05, 3.63) is 65.4 Å². The number of hydrogen-bond acceptors (Lipinski definition) is 2. The molecule has 144 valence electrons. The van der Waals surface area contributed by atoms with Gasteiger partial charge in [-0.1, -0.05) is 24.3 Å². The number of nitrogens with zero attached hydrogens (tertiary/aromatic N) is 1. The van der Waals surface area contributed by atoms with Gasteiger partial charge >= 0.3 is 0 Å². The van der Waals surface area contributed by atoms with Crippen molar-refractivity contribution < 1.29 is 4.74 Å². The Labute approximate surface area is 177 Å². The van der Waals surface area contributed by atoms with Gasteiger partial charge in [0.2, 0.25) is 0 Å². The van der Waals surface area contributed by atoms with Crippen LogP contribution in [0, 0.1) is 6.92 Å². The second-order valence-electron chi connectivity index (χ2n) is 6.32. The molecule has 0 radical (unpaired) electrons. The molecule has 0 spiro atoms. The summed E-state index contributed by atoms with van der Waals surface area (Å²) in [5.41, 5.74) is 4.84. The van der Waals surface area contributed by atoms with Crippen LogP contribution < -0.4 is 15.4 Å². The van der Waals surface area contributed by atoms with Crippen LogP contribution in [0.5, 0.6) is 5.75 Å². The number of aliphatic imine (C=N–C) groups is 1. The Balaban J connectivity index is 0.00000261. The number of rotatable bonds is 6. The Morgan fingerprint density at radius 1 is 1.15 bits per heavy atom. The van der Waals surface area contributed by atoms with Crippen LogP contribution in [0.3, 0.4) is 0 Å². The maximum absolute atomic E-state index is 5.33. The molecule has 0 amide bonds. The fraction of sp³-hybridized carbons (Fsp3) is 0.286. The first kappa shape index (κ1) is 21.1. The molecule has 27 heavy (non-hydrogen) atoms. The Hall–Kier alpha value is -2.22. The number of aromatic nitrogens is 1. The van der Waals surface area contributed by atoms with Gasteiger partial charge in [-0.25, -0.2) is 0 Å². The molecule has 6 heteroatoms. The van der Waals surface area contributed by atoms with Crippen molar-refractivity contribution in [1.82, 2.24) is 15.6 Å². The maximum atomic E-state index is 5.33. The van der Waals surface area contributed by atoms with Crippen LogP contribution in [-0.4, -0.2) is 31.6 Å². The molecule has 3 aromatic rings. The van der Waals surface area contributed by atoms with Gasteiger partial charge in [0.25, 0.3) is 0 Å². The summed E-state index contributed by atoms with van der Waals surface area (Å²) in [5, 5.41) is 8.02. The van der Waals surface area contributed by atoms with E-state index >= 15 is 0 Å². The van der Waals surface area contributed by atoms with E-state index in [9.17, 15) is 0 Å². The summed E-state index contributed by atoms with van der Waals surface area (Å²) in [6, 6.07) is 14.6. The summed E-state index contributed by atoms with van der Waals surface area (Å²) in [7, 11) is 3.48. The van der Waals surface area contributed by atoms with Crippen LogP contribution in [0.25, 0.3) is 10.9 Å². The number of H-pyrrole nitrogens is 1. The number of para-hydroxylation sites is 1. The highest BCUT2D eigenvalue weighted by molar-refractivity contribution is 14.0. The SMILES string of the molecule is CN=C(NCCc1c[nH]c2ccccc12)NCc1cc(C)cc(OC)c1.I. The summed E-state index contributed by atoms with van der Waals surface area (Å²) in [5.74, 6) is 1.68. The second-order valence-corrected chi connectivity index (χ2v) is 6.32. The van der Waals surface area contributed by atoms with E-state index in [1.807, 2.05) is 18.2 Å². The van der Waals surface area contributed by atoms with Crippen LogP contribution in [0.2, 0.25) is 0 Å². The van der Waals surface area contributed by atoms with E-state index in [1.54, 1.807) is 14.2 Å². The molecular weight excluding hydrogens is 451 g/mol. The molecule has 0 fully saturated rings. The third kappa shape index (κ3) is 5.63. The fourth-order valence-electron chi connectivity index (χ4n) is 3.10. The molecule has 1 aromatic heterocycles. The number of ether oxygens (including phenoxy) is 1. The van der Waals surface area contributed by atoms with Gasteiger partial charge in [-0.05, 0) is 48.2 Å². The Morgan fingerprint density at radius 3 is 2.74 bits per heavy atom. The van der Waals surface area contributed by atoms with Crippen LogP contribution >= 0.6 is 24.0 Å². The Kier molecular flexibility index (Phi) is 7.97. The van der Waals surface area contributed by atoms with Crippen molar-refractivity contribution in [3.63, 3.8) is 0 Å². The largest absolute Gasteiger partial charge is 0.497 e. The van der Waals surface area contributed by atoms with E-state index in [0.717, 1.165) is 24.7 Å². The van der Waals surface area contributed by atoms with E-state index in [0.29, 0.717) is 6.54 Å². The second kappa shape index (κ2) is 10.2. The first-order valence-electron chi connectivity index (χ1n) is 8.83. The van der Waals surface area contributed by atoms with E-state index < -0.39 is 0 Å². The van der Waals surface area contributed by atoms with Gasteiger partial charge in [0.15, 0.2) is 5.96 Å². The molecule has 0 saturated heterocycles. The summed E-state index contributed by atoms with van der Waals surface area (Å²) >= 11 is 0. The molecule has 0 saturated carbocycles. The van der Waals surface area contributed by atoms with Gasteiger partial charge in [-0.15, -0.1) is 24.0 Å². The number of nitrogens with one attached hydrogen (secondary N) is 3. The molecule has 5 nitrogen and oxygen atoms in total. The highest BCUT2D eigenvalue weighted by Crippen LogP contribution is 2.18. The van der Waals surface area contributed by atoms with Crippen LogP contribution in [0.15, 0.2) is 53.7 Å². The lowest BCUT2D eigenvalue weighted by molar-refractivity contribution is 0.414. The summed E-state index contributed by atoms with van der Waals surface area (Å²) in [6.07, 6.45) is 3.02. The lowest BCUT2D eigenvalue weighted by Gasteiger charge is -2.13. The molecule has 3 rings (SSSR count). The zero-order chi connectivity index (χ0) is 18.4. The minimum absolute atomic E-state index is 0. The first-order chi connectivity index (χ1) is 12.7. The van der Waals surface area contributed by atoms with Crippen molar-refractivity contribution in [2.45, 2.75) is 19.9 Å². The number of aryl methyl sites for hydroxylation is 1. The minimum Gasteiger partial charge on any atom is -0.497 e. The van der Waals surface area contributed by atoms with E-state index in [-0.39, 0.29) is 24.0 Å². The summed E-state index contributed by atoms with van der Waals surface area (Å²) < 4.78 is 5.33. The van der Waals surface area contributed by atoms with Crippen LogP contribution in [0.1, 0.15) is 16.7 Å². The molecule has 2 aromatic carbocycles. The quantitative estimate of drug-likeness (QED) is 0.285. The molecule has 0 aliphatic heterocycles. The zero-order valence-electron chi connectivity index (χ0n) is 16.0.